The first-order chi connectivity index (χ1) is 14.4. The molecule has 1 N–H and O–H groups in total. The highest BCUT2D eigenvalue weighted by Gasteiger charge is 2.17. The van der Waals surface area contributed by atoms with Crippen molar-refractivity contribution in [2.75, 3.05) is 6.61 Å². The minimum atomic E-state index is -0.388. The van der Waals surface area contributed by atoms with E-state index in [4.69, 9.17) is 27.9 Å². The van der Waals surface area contributed by atoms with E-state index >= 15 is 0 Å². The molecule has 0 atom stereocenters. The van der Waals surface area contributed by atoms with Gasteiger partial charge in [0.1, 0.15) is 5.75 Å². The smallest absolute Gasteiger partial charge is 0.264 e. The normalized spacial score (nSPS) is 11.6. The van der Waals surface area contributed by atoms with Crippen molar-refractivity contribution in [3.05, 3.63) is 52.5 Å². The van der Waals surface area contributed by atoms with Gasteiger partial charge in [-0.15, -0.1) is 10.2 Å². The van der Waals surface area contributed by atoms with Crippen LogP contribution in [0.1, 0.15) is 26.7 Å². The number of hydrogen-bond acceptors (Lipinski definition) is 4. The molecule has 6 nitrogen and oxygen atoms in total. The molecule has 1 amide bonds. The van der Waals surface area contributed by atoms with Crippen LogP contribution in [0, 0.1) is 5.92 Å². The highest BCUT2D eigenvalue weighted by molar-refractivity contribution is 6.35. The molecule has 0 radical (unpaired) electrons. The lowest BCUT2D eigenvalue weighted by molar-refractivity contribution is -0.118. The number of halogens is 2. The van der Waals surface area contributed by atoms with E-state index in [9.17, 15) is 9.90 Å². The van der Waals surface area contributed by atoms with Crippen LogP contribution in [-0.2, 0) is 11.3 Å². The maximum absolute atomic E-state index is 12.1. The second-order valence-electron chi connectivity index (χ2n) is 7.31. The van der Waals surface area contributed by atoms with Crippen molar-refractivity contribution in [2.24, 2.45) is 16.1 Å². The van der Waals surface area contributed by atoms with E-state index in [1.807, 2.05) is 24.3 Å². The summed E-state index contributed by atoms with van der Waals surface area (Å²) in [7, 11) is 0. The number of rotatable bonds is 8. The molecule has 0 fully saturated rings. The summed E-state index contributed by atoms with van der Waals surface area (Å²) in [5, 5.41) is 20.2. The average Bonchev–Trinajstić information content (AvgIpc) is 2.96. The Kier molecular flexibility index (Phi) is 7.34. The summed E-state index contributed by atoms with van der Waals surface area (Å²) in [4.78, 5) is 12.1. The number of aromatic hydroxyl groups is 1. The van der Waals surface area contributed by atoms with Crippen LogP contribution < -0.4 is 4.74 Å². The van der Waals surface area contributed by atoms with Crippen molar-refractivity contribution in [1.29, 1.82) is 0 Å². The number of ether oxygens (including phenoxy) is 1. The molecule has 1 aromatic heterocycles. The molecule has 0 saturated carbocycles. The summed E-state index contributed by atoms with van der Waals surface area (Å²) in [6.07, 6.45) is 0.623. The number of amides is 1. The summed E-state index contributed by atoms with van der Waals surface area (Å²) in [5.41, 5.74) is 1.17. The Labute approximate surface area is 185 Å². The minimum Gasteiger partial charge on any atom is -0.493 e. The molecule has 0 aliphatic rings. The van der Waals surface area contributed by atoms with Crippen LogP contribution in [0.25, 0.3) is 10.9 Å². The van der Waals surface area contributed by atoms with E-state index in [-0.39, 0.29) is 18.2 Å². The molecule has 0 spiro atoms. The molecule has 0 bridgehead atoms. The standard InChI is InChI=1S/C22H23Cl2N3O3/c1-14(2)13-27-18-7-4-3-6-16(18)21(22(27)29)26-25-20(28)8-5-11-30-19-10-9-15(23)12-17(19)24/h3-4,6-7,9-10,12,14,29H,5,8,11,13H2,1-2H3. The van der Waals surface area contributed by atoms with E-state index in [2.05, 4.69) is 24.1 Å². The molecule has 1 heterocycles. The zero-order chi connectivity index (χ0) is 21.7. The van der Waals surface area contributed by atoms with Gasteiger partial charge < -0.3 is 14.4 Å². The number of para-hydroxylation sites is 1. The van der Waals surface area contributed by atoms with E-state index in [1.54, 1.807) is 22.8 Å². The fraction of sp³-hybridized carbons (Fsp3) is 0.318. The molecule has 0 aliphatic heterocycles. The maximum atomic E-state index is 12.1. The van der Waals surface area contributed by atoms with Crippen LogP contribution >= 0.6 is 23.2 Å². The van der Waals surface area contributed by atoms with Crippen molar-refractivity contribution >= 4 is 45.7 Å². The number of nitrogens with zero attached hydrogens (tertiary/aromatic N) is 3. The Bertz CT molecular complexity index is 1080. The molecule has 3 aromatic rings. The lowest BCUT2D eigenvalue weighted by atomic mass is 10.2. The summed E-state index contributed by atoms with van der Waals surface area (Å²) in [5.74, 6) is 0.480. The highest BCUT2D eigenvalue weighted by Crippen LogP contribution is 2.39. The van der Waals surface area contributed by atoms with Crippen molar-refractivity contribution in [3.8, 4) is 11.6 Å². The number of carbonyl (C=O) groups excluding carboxylic acids is 1. The summed E-state index contributed by atoms with van der Waals surface area (Å²) >= 11 is 11.9. The second kappa shape index (κ2) is 9.96. The van der Waals surface area contributed by atoms with Gasteiger partial charge in [-0.25, -0.2) is 0 Å². The van der Waals surface area contributed by atoms with Crippen molar-refractivity contribution in [2.45, 2.75) is 33.2 Å². The van der Waals surface area contributed by atoms with Crippen LogP contribution in [0.4, 0.5) is 5.69 Å². The first-order valence-electron chi connectivity index (χ1n) is 9.69. The minimum absolute atomic E-state index is 0.0159. The third-order valence-corrected chi connectivity index (χ3v) is 4.94. The van der Waals surface area contributed by atoms with Gasteiger partial charge in [0.05, 0.1) is 17.1 Å². The molecule has 0 saturated heterocycles. The molecule has 0 unspecified atom stereocenters. The Morgan fingerprint density at radius 1 is 1.20 bits per heavy atom. The topological polar surface area (TPSA) is 76.2 Å². The van der Waals surface area contributed by atoms with Crippen LogP contribution in [0.2, 0.25) is 10.0 Å². The fourth-order valence-corrected chi connectivity index (χ4v) is 3.54. The van der Waals surface area contributed by atoms with Gasteiger partial charge in [-0.3, -0.25) is 4.79 Å². The summed E-state index contributed by atoms with van der Waals surface area (Å²) in [6, 6.07) is 12.5. The number of aromatic nitrogens is 1. The van der Waals surface area contributed by atoms with Gasteiger partial charge in [-0.05, 0) is 36.6 Å². The van der Waals surface area contributed by atoms with Gasteiger partial charge in [0, 0.05) is 23.4 Å². The summed E-state index contributed by atoms with van der Waals surface area (Å²) in [6.45, 7) is 5.08. The Morgan fingerprint density at radius 3 is 2.70 bits per heavy atom. The molecular formula is C22H23Cl2N3O3. The van der Waals surface area contributed by atoms with Gasteiger partial charge >= 0.3 is 0 Å². The lowest BCUT2D eigenvalue weighted by Gasteiger charge is -2.09. The van der Waals surface area contributed by atoms with E-state index in [1.165, 1.54) is 0 Å². The number of fused-ring (bicyclic) bond motifs is 1. The molecule has 3 rings (SSSR count). The second-order valence-corrected chi connectivity index (χ2v) is 8.16. The zero-order valence-electron chi connectivity index (χ0n) is 16.8. The van der Waals surface area contributed by atoms with E-state index in [0.29, 0.717) is 47.0 Å². The average molecular weight is 448 g/mol. The Balaban J connectivity index is 1.62. The molecule has 2 aromatic carbocycles. The third kappa shape index (κ3) is 5.32. The van der Waals surface area contributed by atoms with Crippen LogP contribution in [0.3, 0.4) is 0 Å². The Morgan fingerprint density at radius 2 is 1.97 bits per heavy atom. The van der Waals surface area contributed by atoms with Crippen molar-refractivity contribution in [1.82, 2.24) is 4.57 Å². The van der Waals surface area contributed by atoms with Gasteiger partial charge in [-0.2, -0.15) is 0 Å². The van der Waals surface area contributed by atoms with Crippen molar-refractivity contribution < 1.29 is 14.6 Å². The number of azo groups is 1. The molecule has 30 heavy (non-hydrogen) atoms. The van der Waals surface area contributed by atoms with Gasteiger partial charge in [0.2, 0.25) is 5.88 Å². The van der Waals surface area contributed by atoms with Crippen LogP contribution in [0.5, 0.6) is 11.6 Å². The van der Waals surface area contributed by atoms with Crippen LogP contribution in [0.15, 0.2) is 52.7 Å². The first-order valence-corrected chi connectivity index (χ1v) is 10.4. The molecular weight excluding hydrogens is 425 g/mol. The quantitative estimate of drug-likeness (QED) is 0.305. The molecule has 8 heteroatoms. The first kappa shape index (κ1) is 22.1. The monoisotopic (exact) mass is 447 g/mol. The van der Waals surface area contributed by atoms with Crippen LogP contribution in [-0.4, -0.2) is 22.2 Å². The van der Waals surface area contributed by atoms with Gasteiger partial charge in [0.25, 0.3) is 5.91 Å². The van der Waals surface area contributed by atoms with E-state index in [0.717, 1.165) is 10.9 Å². The predicted octanol–water partition coefficient (Wildman–Crippen LogP) is 6.78. The SMILES string of the molecule is CC(C)Cn1c(O)c(N=NC(=O)CCCOc2ccc(Cl)cc2Cl)c2ccccc21. The highest BCUT2D eigenvalue weighted by atomic mass is 35.5. The largest absolute Gasteiger partial charge is 0.493 e. The third-order valence-electron chi connectivity index (χ3n) is 4.41. The number of hydrogen-bond donors (Lipinski definition) is 1. The number of benzene rings is 2. The molecule has 0 aliphatic carbocycles. The van der Waals surface area contributed by atoms with E-state index < -0.39 is 0 Å². The maximum Gasteiger partial charge on any atom is 0.264 e. The van der Waals surface area contributed by atoms with Gasteiger partial charge in [-0.1, -0.05) is 55.2 Å². The lowest BCUT2D eigenvalue weighted by Crippen LogP contribution is -2.03. The predicted molar refractivity (Wildman–Crippen MR) is 119 cm³/mol. The summed E-state index contributed by atoms with van der Waals surface area (Å²) < 4.78 is 7.36. The molecule has 158 valence electrons. The fourth-order valence-electron chi connectivity index (χ4n) is 3.07. The van der Waals surface area contributed by atoms with Gasteiger partial charge in [0.15, 0.2) is 5.69 Å². The zero-order valence-corrected chi connectivity index (χ0v) is 18.3. The number of carbonyl (C=O) groups is 1. The van der Waals surface area contributed by atoms with Crippen molar-refractivity contribution in [3.63, 3.8) is 0 Å². The Hall–Kier alpha value is -2.57.